The summed E-state index contributed by atoms with van der Waals surface area (Å²) in [5, 5.41) is 14.8. The predicted molar refractivity (Wildman–Crippen MR) is 110 cm³/mol. The van der Waals surface area contributed by atoms with Gasteiger partial charge in [-0.1, -0.05) is 18.2 Å². The van der Waals surface area contributed by atoms with E-state index in [1.165, 1.54) is 24.3 Å². The number of aryl methyl sites for hydroxylation is 1. The van der Waals surface area contributed by atoms with E-state index in [9.17, 15) is 18.7 Å². The van der Waals surface area contributed by atoms with E-state index in [0.29, 0.717) is 17.9 Å². The summed E-state index contributed by atoms with van der Waals surface area (Å²) in [6.07, 6.45) is 4.39. The molecule has 5 rings (SSSR count). The highest BCUT2D eigenvalue weighted by Gasteiger charge is 2.35. The first kappa shape index (κ1) is 19.2. The fourth-order valence-corrected chi connectivity index (χ4v) is 4.37. The second-order valence-corrected chi connectivity index (χ2v) is 7.71. The summed E-state index contributed by atoms with van der Waals surface area (Å²) in [6, 6.07) is 10.4. The average molecular weight is 420 g/mol. The highest BCUT2D eigenvalue weighted by atomic mass is 19.1. The lowest BCUT2D eigenvalue weighted by molar-refractivity contribution is 0.331. The fourth-order valence-electron chi connectivity index (χ4n) is 4.37. The molecule has 3 heterocycles. The maximum absolute atomic E-state index is 14.4. The van der Waals surface area contributed by atoms with Crippen LogP contribution in [-0.2, 0) is 6.54 Å². The molecular weight excluding hydrogens is 402 g/mol. The van der Waals surface area contributed by atoms with Crippen molar-refractivity contribution in [1.29, 1.82) is 0 Å². The van der Waals surface area contributed by atoms with Gasteiger partial charge in [-0.3, -0.25) is 9.48 Å². The number of benzene rings is 2. The van der Waals surface area contributed by atoms with E-state index in [1.807, 2.05) is 10.6 Å². The third-order valence-corrected chi connectivity index (χ3v) is 5.65. The molecule has 0 spiro atoms. The van der Waals surface area contributed by atoms with Gasteiger partial charge in [0.2, 0.25) is 5.43 Å². The Morgan fingerprint density at radius 3 is 2.61 bits per heavy atom. The van der Waals surface area contributed by atoms with Crippen molar-refractivity contribution in [3.05, 3.63) is 99.6 Å². The van der Waals surface area contributed by atoms with E-state index < -0.39 is 23.1 Å². The van der Waals surface area contributed by atoms with Crippen molar-refractivity contribution in [1.82, 2.24) is 19.3 Å². The largest absolute Gasteiger partial charge is 0.503 e. The molecule has 0 unspecified atom stereocenters. The third kappa shape index (κ3) is 3.20. The van der Waals surface area contributed by atoms with Crippen LogP contribution in [0.5, 0.6) is 5.75 Å². The molecule has 2 aromatic heterocycles. The van der Waals surface area contributed by atoms with Gasteiger partial charge < -0.3 is 9.67 Å². The molecular formula is C23H18F2N4O2. The number of fused-ring (bicyclic) bond motifs is 3. The van der Waals surface area contributed by atoms with Crippen molar-refractivity contribution >= 4 is 0 Å². The van der Waals surface area contributed by atoms with Gasteiger partial charge in [-0.05, 0) is 47.9 Å². The van der Waals surface area contributed by atoms with Crippen LogP contribution in [0.1, 0.15) is 28.7 Å². The van der Waals surface area contributed by atoms with Gasteiger partial charge in [0.25, 0.3) is 0 Å². The molecule has 1 N–H and O–H groups in total. The zero-order valence-corrected chi connectivity index (χ0v) is 16.5. The van der Waals surface area contributed by atoms with Gasteiger partial charge in [0.1, 0.15) is 17.3 Å². The number of hydrogen-bond donors (Lipinski definition) is 1. The summed E-state index contributed by atoms with van der Waals surface area (Å²) in [7, 11) is 0. The van der Waals surface area contributed by atoms with Crippen LogP contribution in [0.25, 0.3) is 11.5 Å². The number of hydrogen-bond acceptors (Lipinski definition) is 4. The summed E-state index contributed by atoms with van der Waals surface area (Å²) in [4.78, 5) is 16.4. The Kier molecular flexibility index (Phi) is 4.43. The van der Waals surface area contributed by atoms with E-state index in [2.05, 4.69) is 10.1 Å². The minimum Gasteiger partial charge on any atom is -0.503 e. The van der Waals surface area contributed by atoms with Crippen molar-refractivity contribution in [2.24, 2.45) is 0 Å². The Morgan fingerprint density at radius 1 is 1.10 bits per heavy atom. The number of nitrogens with zero attached hydrogens (tertiary/aromatic N) is 4. The van der Waals surface area contributed by atoms with E-state index in [0.717, 1.165) is 17.3 Å². The molecule has 0 saturated heterocycles. The van der Waals surface area contributed by atoms with Crippen molar-refractivity contribution in [3.63, 3.8) is 0 Å². The van der Waals surface area contributed by atoms with E-state index in [1.54, 1.807) is 36.1 Å². The standard InChI is InChI=1S/C23H18F2N4O2/c1-13-8-15(10-17(25)9-13)20(14-2-4-16(24)5-3-14)18-12-28-7-6-26-23(28)21-22(31)19(30)11-27-29(18)21/h2-11,18,20,31H,12H2,1H3/t18-,20+/m1/s1. The number of halogens is 2. The van der Waals surface area contributed by atoms with Gasteiger partial charge in [0, 0.05) is 24.9 Å². The zero-order chi connectivity index (χ0) is 21.7. The fraction of sp³-hybridized carbons (Fsp3) is 0.174. The Bertz CT molecular complexity index is 1320. The van der Waals surface area contributed by atoms with Crippen LogP contribution in [-0.4, -0.2) is 24.4 Å². The Morgan fingerprint density at radius 2 is 1.87 bits per heavy atom. The molecule has 8 heteroatoms. The first-order chi connectivity index (χ1) is 14.9. The maximum Gasteiger partial charge on any atom is 0.242 e. The number of aromatic hydroxyl groups is 1. The SMILES string of the molecule is Cc1cc(F)cc([C@H](c2ccc(F)cc2)[C@H]2Cn3ccnc3-c3c(O)c(=O)cnn32)c1. The molecule has 156 valence electrons. The molecule has 0 radical (unpaired) electrons. The van der Waals surface area contributed by atoms with Gasteiger partial charge >= 0.3 is 0 Å². The van der Waals surface area contributed by atoms with Gasteiger partial charge in [-0.2, -0.15) is 5.10 Å². The zero-order valence-electron chi connectivity index (χ0n) is 16.5. The third-order valence-electron chi connectivity index (χ3n) is 5.65. The normalized spacial score (nSPS) is 15.9. The van der Waals surface area contributed by atoms with Gasteiger partial charge in [0.05, 0.1) is 12.2 Å². The number of aromatic nitrogens is 4. The maximum atomic E-state index is 14.4. The first-order valence-electron chi connectivity index (χ1n) is 9.77. The monoisotopic (exact) mass is 420 g/mol. The lowest BCUT2D eigenvalue weighted by Gasteiger charge is -2.34. The first-order valence-corrected chi connectivity index (χ1v) is 9.77. The number of rotatable bonds is 3. The molecule has 0 aliphatic carbocycles. The molecule has 2 aromatic carbocycles. The molecule has 0 amide bonds. The number of imidazole rings is 1. The molecule has 0 fully saturated rings. The average Bonchev–Trinajstić information content (AvgIpc) is 3.20. The minimum atomic E-state index is -0.610. The second kappa shape index (κ2) is 7.16. The quantitative estimate of drug-likeness (QED) is 0.547. The lowest BCUT2D eigenvalue weighted by atomic mass is 9.83. The Balaban J connectivity index is 1.77. The molecule has 31 heavy (non-hydrogen) atoms. The van der Waals surface area contributed by atoms with E-state index in [4.69, 9.17) is 0 Å². The van der Waals surface area contributed by atoms with Crippen molar-refractivity contribution in [2.75, 3.05) is 0 Å². The van der Waals surface area contributed by atoms with Crippen LogP contribution in [0.4, 0.5) is 8.78 Å². The second-order valence-electron chi connectivity index (χ2n) is 7.71. The molecule has 6 nitrogen and oxygen atoms in total. The lowest BCUT2D eigenvalue weighted by Crippen LogP contribution is -2.32. The smallest absolute Gasteiger partial charge is 0.242 e. The van der Waals surface area contributed by atoms with E-state index >= 15 is 0 Å². The van der Waals surface area contributed by atoms with E-state index in [-0.39, 0.29) is 17.3 Å². The van der Waals surface area contributed by atoms with Crippen LogP contribution >= 0.6 is 0 Å². The molecule has 2 atom stereocenters. The van der Waals surface area contributed by atoms with Gasteiger partial charge in [-0.15, -0.1) is 0 Å². The summed E-state index contributed by atoms with van der Waals surface area (Å²) in [5.74, 6) is -1.21. The van der Waals surface area contributed by atoms with Crippen molar-refractivity contribution < 1.29 is 13.9 Å². The summed E-state index contributed by atoms with van der Waals surface area (Å²) < 4.78 is 31.4. The minimum absolute atomic E-state index is 0.203. The van der Waals surface area contributed by atoms with Crippen molar-refractivity contribution in [3.8, 4) is 17.3 Å². The van der Waals surface area contributed by atoms with Crippen LogP contribution in [0.2, 0.25) is 0 Å². The topological polar surface area (TPSA) is 72.9 Å². The molecule has 0 bridgehead atoms. The van der Waals surface area contributed by atoms with Crippen LogP contribution in [0, 0.1) is 18.6 Å². The Hall–Kier alpha value is -3.81. The highest BCUT2D eigenvalue weighted by molar-refractivity contribution is 5.60. The summed E-state index contributed by atoms with van der Waals surface area (Å²) >= 11 is 0. The molecule has 4 aromatic rings. The van der Waals surface area contributed by atoms with Crippen LogP contribution < -0.4 is 5.43 Å². The van der Waals surface area contributed by atoms with Crippen LogP contribution in [0.3, 0.4) is 0 Å². The molecule has 1 aliphatic rings. The predicted octanol–water partition coefficient (Wildman–Crippen LogP) is 3.79. The van der Waals surface area contributed by atoms with Crippen molar-refractivity contribution in [2.45, 2.75) is 25.4 Å². The summed E-state index contributed by atoms with van der Waals surface area (Å²) in [5.41, 5.74) is 1.78. The highest BCUT2D eigenvalue weighted by Crippen LogP contribution is 2.42. The Labute approximate surface area is 176 Å². The van der Waals surface area contributed by atoms with Crippen LogP contribution in [0.15, 0.2) is 65.8 Å². The summed E-state index contributed by atoms with van der Waals surface area (Å²) in [6.45, 7) is 2.22. The van der Waals surface area contributed by atoms with Gasteiger partial charge in [-0.25, -0.2) is 13.8 Å². The van der Waals surface area contributed by atoms with Gasteiger partial charge in [0.15, 0.2) is 11.6 Å². The molecule has 1 aliphatic heterocycles. The molecule has 0 saturated carbocycles.